The highest BCUT2D eigenvalue weighted by Crippen LogP contribution is 2.39. The van der Waals surface area contributed by atoms with Gasteiger partial charge in [0.1, 0.15) is 5.76 Å². The van der Waals surface area contributed by atoms with Crippen molar-refractivity contribution in [3.63, 3.8) is 0 Å². The summed E-state index contributed by atoms with van der Waals surface area (Å²) in [5.74, 6) is -1.38. The number of benzene rings is 2. The Labute approximate surface area is 167 Å². The van der Waals surface area contributed by atoms with Crippen molar-refractivity contribution in [2.45, 2.75) is 6.04 Å². The summed E-state index contributed by atoms with van der Waals surface area (Å²) in [6, 6.07) is 15.7. The summed E-state index contributed by atoms with van der Waals surface area (Å²) in [5, 5.41) is 10.9. The summed E-state index contributed by atoms with van der Waals surface area (Å²) in [4.78, 5) is 29.0. The van der Waals surface area contributed by atoms with E-state index < -0.39 is 17.7 Å². The van der Waals surface area contributed by atoms with Crippen molar-refractivity contribution in [2.75, 3.05) is 27.2 Å². The van der Waals surface area contributed by atoms with E-state index in [1.54, 1.807) is 29.2 Å². The van der Waals surface area contributed by atoms with Crippen molar-refractivity contribution in [1.82, 2.24) is 9.80 Å². The van der Waals surface area contributed by atoms with Gasteiger partial charge in [-0.05, 0) is 31.8 Å². The van der Waals surface area contributed by atoms with Gasteiger partial charge in [0.25, 0.3) is 11.7 Å². The van der Waals surface area contributed by atoms with Gasteiger partial charge in [-0.25, -0.2) is 0 Å². The number of carbonyl (C=O) groups is 2. The van der Waals surface area contributed by atoms with Gasteiger partial charge >= 0.3 is 0 Å². The molecular weight excluding hydrogens is 408 g/mol. The molecule has 1 heterocycles. The van der Waals surface area contributed by atoms with Crippen molar-refractivity contribution in [3.8, 4) is 0 Å². The number of ketones is 1. The van der Waals surface area contributed by atoms with Crippen molar-refractivity contribution in [3.05, 3.63) is 75.8 Å². The summed E-state index contributed by atoms with van der Waals surface area (Å²) < 4.78 is 0.902. The number of amides is 1. The van der Waals surface area contributed by atoms with E-state index in [4.69, 9.17) is 0 Å². The molecule has 27 heavy (non-hydrogen) atoms. The molecule has 0 bridgehead atoms. The third-order valence-corrected chi connectivity index (χ3v) is 5.09. The van der Waals surface area contributed by atoms with E-state index in [1.165, 1.54) is 0 Å². The Morgan fingerprint density at radius 1 is 1.07 bits per heavy atom. The van der Waals surface area contributed by atoms with Gasteiger partial charge in [-0.1, -0.05) is 58.4 Å². The molecule has 6 heteroatoms. The van der Waals surface area contributed by atoms with Gasteiger partial charge in [0, 0.05) is 23.1 Å². The second kappa shape index (κ2) is 8.06. The summed E-state index contributed by atoms with van der Waals surface area (Å²) in [6.07, 6.45) is 0. The van der Waals surface area contributed by atoms with Gasteiger partial charge in [0.2, 0.25) is 0 Å². The Morgan fingerprint density at radius 2 is 1.70 bits per heavy atom. The van der Waals surface area contributed by atoms with E-state index in [0.29, 0.717) is 18.7 Å². The third-order valence-electron chi connectivity index (χ3n) is 4.56. The second-order valence-corrected chi connectivity index (χ2v) is 7.63. The number of aliphatic hydroxyl groups is 1. The van der Waals surface area contributed by atoms with Crippen LogP contribution in [0.3, 0.4) is 0 Å². The largest absolute Gasteiger partial charge is 0.507 e. The highest BCUT2D eigenvalue weighted by atomic mass is 79.9. The normalized spacial score (nSPS) is 19.1. The highest BCUT2D eigenvalue weighted by Gasteiger charge is 2.45. The maximum Gasteiger partial charge on any atom is 0.295 e. The van der Waals surface area contributed by atoms with Crippen LogP contribution in [0.4, 0.5) is 0 Å². The maximum atomic E-state index is 12.8. The summed E-state index contributed by atoms with van der Waals surface area (Å²) in [5.41, 5.74) is 1.44. The number of hydrogen-bond acceptors (Lipinski definition) is 4. The molecule has 2 aromatic carbocycles. The minimum atomic E-state index is -0.650. The Hall–Kier alpha value is -2.44. The summed E-state index contributed by atoms with van der Waals surface area (Å²) in [6.45, 7) is 1.01. The lowest BCUT2D eigenvalue weighted by atomic mass is 9.95. The molecule has 140 valence electrons. The molecule has 3 rings (SSSR count). The number of aliphatic hydroxyl groups excluding tert-OH is 1. The van der Waals surface area contributed by atoms with E-state index in [2.05, 4.69) is 15.9 Å². The van der Waals surface area contributed by atoms with Gasteiger partial charge < -0.3 is 14.9 Å². The molecule has 0 unspecified atom stereocenters. The van der Waals surface area contributed by atoms with E-state index in [1.807, 2.05) is 49.3 Å². The molecule has 2 aromatic rings. The lowest BCUT2D eigenvalue weighted by Gasteiger charge is -2.26. The molecule has 1 saturated heterocycles. The van der Waals surface area contributed by atoms with Crippen LogP contribution in [0.1, 0.15) is 17.2 Å². The Bertz CT molecular complexity index is 876. The maximum absolute atomic E-state index is 12.8. The van der Waals surface area contributed by atoms with Crippen LogP contribution in [-0.2, 0) is 9.59 Å². The molecule has 1 N–H and O–H groups in total. The average molecular weight is 429 g/mol. The first-order valence-electron chi connectivity index (χ1n) is 8.64. The number of rotatable bonds is 5. The lowest BCUT2D eigenvalue weighted by molar-refractivity contribution is -0.140. The number of halogens is 1. The number of likely N-dealkylation sites (N-methyl/N-ethyl adjacent to an activating group) is 1. The van der Waals surface area contributed by atoms with Crippen molar-refractivity contribution >= 4 is 33.4 Å². The first-order chi connectivity index (χ1) is 12.9. The van der Waals surface area contributed by atoms with Gasteiger partial charge in [0.15, 0.2) is 0 Å². The fourth-order valence-electron chi connectivity index (χ4n) is 3.16. The Kier molecular flexibility index (Phi) is 5.77. The molecule has 0 spiro atoms. The molecule has 1 amide bonds. The number of hydrogen-bond donors (Lipinski definition) is 1. The zero-order valence-corrected chi connectivity index (χ0v) is 16.8. The lowest BCUT2D eigenvalue weighted by Crippen LogP contribution is -2.35. The topological polar surface area (TPSA) is 60.9 Å². The molecule has 1 aliphatic heterocycles. The molecule has 1 atom stereocenters. The predicted octanol–water partition coefficient (Wildman–Crippen LogP) is 3.43. The molecule has 0 saturated carbocycles. The van der Waals surface area contributed by atoms with Crippen LogP contribution in [-0.4, -0.2) is 53.8 Å². The minimum Gasteiger partial charge on any atom is -0.507 e. The number of likely N-dealkylation sites (tertiary alicyclic amines) is 1. The highest BCUT2D eigenvalue weighted by molar-refractivity contribution is 9.10. The second-order valence-electron chi connectivity index (χ2n) is 6.71. The van der Waals surface area contributed by atoms with Crippen LogP contribution < -0.4 is 0 Å². The standard InChI is InChI=1S/C21H21BrN2O3/c1-23(2)12-13-24-18(14-8-10-16(22)11-9-14)17(20(26)21(24)27)19(25)15-6-4-3-5-7-15/h3-11,18,25H,12-13H2,1-2H3/b19-17+/t18-/m1/s1. The fourth-order valence-corrected chi connectivity index (χ4v) is 3.43. The number of Topliss-reactive ketones (excluding diaryl/α,β-unsaturated/α-hetero) is 1. The van der Waals surface area contributed by atoms with Crippen molar-refractivity contribution < 1.29 is 14.7 Å². The molecule has 1 aliphatic rings. The zero-order chi connectivity index (χ0) is 19.6. The predicted molar refractivity (Wildman–Crippen MR) is 108 cm³/mol. The molecule has 0 radical (unpaired) electrons. The summed E-state index contributed by atoms with van der Waals surface area (Å²) in [7, 11) is 3.82. The van der Waals surface area contributed by atoms with E-state index in [-0.39, 0.29) is 11.3 Å². The zero-order valence-electron chi connectivity index (χ0n) is 15.2. The molecule has 5 nitrogen and oxygen atoms in total. The molecule has 0 aliphatic carbocycles. The van der Waals surface area contributed by atoms with Gasteiger partial charge in [0.05, 0.1) is 11.6 Å². The minimum absolute atomic E-state index is 0.132. The van der Waals surface area contributed by atoms with Gasteiger partial charge in [-0.3, -0.25) is 9.59 Å². The van der Waals surface area contributed by atoms with E-state index >= 15 is 0 Å². The molecule has 0 aromatic heterocycles. The van der Waals surface area contributed by atoms with Crippen LogP contribution in [0, 0.1) is 0 Å². The molecular formula is C21H21BrN2O3. The first-order valence-corrected chi connectivity index (χ1v) is 9.43. The first kappa shape index (κ1) is 19.3. The quantitative estimate of drug-likeness (QED) is 0.450. The summed E-state index contributed by atoms with van der Waals surface area (Å²) >= 11 is 3.41. The van der Waals surface area contributed by atoms with E-state index in [0.717, 1.165) is 10.0 Å². The van der Waals surface area contributed by atoms with Crippen LogP contribution in [0.25, 0.3) is 5.76 Å². The molecule has 1 fully saturated rings. The SMILES string of the molecule is CN(C)CCN1C(=O)C(=O)/C(=C(/O)c2ccccc2)[C@H]1c1ccc(Br)cc1. The van der Waals surface area contributed by atoms with Crippen LogP contribution in [0.15, 0.2) is 64.6 Å². The van der Waals surface area contributed by atoms with Crippen molar-refractivity contribution in [1.29, 1.82) is 0 Å². The third kappa shape index (κ3) is 3.96. The van der Waals surface area contributed by atoms with Gasteiger partial charge in [-0.15, -0.1) is 0 Å². The van der Waals surface area contributed by atoms with Crippen LogP contribution in [0.2, 0.25) is 0 Å². The Balaban J connectivity index is 2.13. The van der Waals surface area contributed by atoms with Crippen LogP contribution >= 0.6 is 15.9 Å². The van der Waals surface area contributed by atoms with Crippen molar-refractivity contribution in [2.24, 2.45) is 0 Å². The Morgan fingerprint density at radius 3 is 2.30 bits per heavy atom. The average Bonchev–Trinajstić information content (AvgIpc) is 2.91. The number of nitrogens with zero attached hydrogens (tertiary/aromatic N) is 2. The number of carbonyl (C=O) groups excluding carboxylic acids is 2. The van der Waals surface area contributed by atoms with Crippen LogP contribution in [0.5, 0.6) is 0 Å². The monoisotopic (exact) mass is 428 g/mol. The van der Waals surface area contributed by atoms with E-state index in [9.17, 15) is 14.7 Å². The fraction of sp³-hybridized carbons (Fsp3) is 0.238. The smallest absolute Gasteiger partial charge is 0.295 e. The van der Waals surface area contributed by atoms with Gasteiger partial charge in [-0.2, -0.15) is 0 Å².